The molecule has 1 aliphatic carbocycles. The summed E-state index contributed by atoms with van der Waals surface area (Å²) in [6, 6.07) is 5.92. The molecule has 0 spiro atoms. The summed E-state index contributed by atoms with van der Waals surface area (Å²) < 4.78 is 2.07. The van der Waals surface area contributed by atoms with Crippen LogP contribution in [0.1, 0.15) is 54.3 Å². The van der Waals surface area contributed by atoms with Crippen LogP contribution < -0.4 is 0 Å². The summed E-state index contributed by atoms with van der Waals surface area (Å²) in [5, 5.41) is 0. The fourth-order valence-corrected chi connectivity index (χ4v) is 4.58. The van der Waals surface area contributed by atoms with E-state index in [-0.39, 0.29) is 11.8 Å². The molecular formula is C22H29N5O2. The number of rotatable bonds is 5. The fourth-order valence-electron chi connectivity index (χ4n) is 4.58. The largest absolute Gasteiger partial charge is 0.339 e. The molecule has 0 unspecified atom stereocenters. The molecule has 0 N–H and O–H groups in total. The van der Waals surface area contributed by atoms with Crippen molar-refractivity contribution in [2.45, 2.75) is 38.0 Å². The highest BCUT2D eigenvalue weighted by atomic mass is 16.2. The first-order valence-corrected chi connectivity index (χ1v) is 11.0. The Kier molecular flexibility index (Phi) is 4.99. The molecule has 3 fully saturated rings. The summed E-state index contributed by atoms with van der Waals surface area (Å²) in [7, 11) is 0. The zero-order valence-corrected chi connectivity index (χ0v) is 16.9. The Labute approximate surface area is 171 Å². The average molecular weight is 396 g/mol. The molecule has 5 rings (SSSR count). The SMILES string of the molecule is O=C(CCN1CCCC1)N1CCN(C(=O)c2nc(C3CC3)n3ccccc23)CC1. The number of nitrogens with zero attached hydrogens (tertiary/aromatic N) is 5. The second-order valence-electron chi connectivity index (χ2n) is 8.52. The highest BCUT2D eigenvalue weighted by Gasteiger charge is 2.32. The van der Waals surface area contributed by atoms with Crippen LogP contribution in [0.25, 0.3) is 5.52 Å². The Morgan fingerprint density at radius 2 is 1.69 bits per heavy atom. The molecule has 0 atom stereocenters. The van der Waals surface area contributed by atoms with Crippen LogP contribution in [0.5, 0.6) is 0 Å². The lowest BCUT2D eigenvalue weighted by Gasteiger charge is -2.34. The van der Waals surface area contributed by atoms with Gasteiger partial charge in [0.25, 0.3) is 5.91 Å². The maximum atomic E-state index is 13.2. The highest BCUT2D eigenvalue weighted by Crippen LogP contribution is 2.40. The molecule has 2 saturated heterocycles. The van der Waals surface area contributed by atoms with Crippen molar-refractivity contribution in [1.82, 2.24) is 24.1 Å². The molecule has 0 radical (unpaired) electrons. The normalized spacial score (nSPS) is 20.6. The minimum atomic E-state index is -0.00948. The number of carbonyl (C=O) groups excluding carboxylic acids is 2. The lowest BCUT2D eigenvalue weighted by Crippen LogP contribution is -2.51. The Hall–Kier alpha value is -2.41. The van der Waals surface area contributed by atoms with E-state index in [4.69, 9.17) is 4.98 Å². The predicted octanol–water partition coefficient (Wildman–Crippen LogP) is 1.98. The summed E-state index contributed by atoms with van der Waals surface area (Å²) in [6.07, 6.45) is 7.40. The van der Waals surface area contributed by atoms with Crippen LogP contribution in [0.15, 0.2) is 24.4 Å². The quantitative estimate of drug-likeness (QED) is 0.777. The average Bonchev–Trinajstić information content (AvgIpc) is 3.33. The van der Waals surface area contributed by atoms with Crippen LogP contribution in [-0.4, -0.2) is 81.7 Å². The van der Waals surface area contributed by atoms with Gasteiger partial charge in [0.15, 0.2) is 5.69 Å². The van der Waals surface area contributed by atoms with E-state index < -0.39 is 0 Å². The van der Waals surface area contributed by atoms with E-state index in [1.165, 1.54) is 12.8 Å². The fraction of sp³-hybridized carbons (Fsp3) is 0.591. The number of imidazole rings is 1. The number of likely N-dealkylation sites (tertiary alicyclic amines) is 1. The topological polar surface area (TPSA) is 61.2 Å². The van der Waals surface area contributed by atoms with Gasteiger partial charge in [0.2, 0.25) is 5.91 Å². The molecule has 2 amide bonds. The maximum absolute atomic E-state index is 13.2. The Morgan fingerprint density at radius 3 is 2.41 bits per heavy atom. The third-order valence-electron chi connectivity index (χ3n) is 6.48. The van der Waals surface area contributed by atoms with Gasteiger partial charge >= 0.3 is 0 Å². The van der Waals surface area contributed by atoms with Crippen LogP contribution in [0.2, 0.25) is 0 Å². The molecule has 154 valence electrons. The van der Waals surface area contributed by atoms with Gasteiger partial charge < -0.3 is 19.1 Å². The number of aromatic nitrogens is 2. The van der Waals surface area contributed by atoms with Crippen molar-refractivity contribution in [3.05, 3.63) is 35.9 Å². The predicted molar refractivity (Wildman–Crippen MR) is 110 cm³/mol. The standard InChI is InChI=1S/C22H29N5O2/c28-19(8-12-24-9-3-4-10-24)25-13-15-26(16-14-25)22(29)20-18-5-1-2-11-27(18)21(23-20)17-6-7-17/h1-2,5,11,17H,3-4,6-10,12-16H2. The molecule has 3 aliphatic rings. The number of hydrogen-bond acceptors (Lipinski definition) is 4. The Morgan fingerprint density at radius 1 is 0.966 bits per heavy atom. The molecular weight excluding hydrogens is 366 g/mol. The van der Waals surface area contributed by atoms with Crippen molar-refractivity contribution >= 4 is 17.3 Å². The van der Waals surface area contributed by atoms with Crippen LogP contribution >= 0.6 is 0 Å². The lowest BCUT2D eigenvalue weighted by atomic mass is 10.2. The molecule has 2 aliphatic heterocycles. The van der Waals surface area contributed by atoms with Crippen molar-refractivity contribution in [2.24, 2.45) is 0 Å². The first kappa shape index (κ1) is 18.6. The summed E-state index contributed by atoms with van der Waals surface area (Å²) in [5.74, 6) is 1.70. The molecule has 7 nitrogen and oxygen atoms in total. The molecule has 0 aromatic carbocycles. The minimum absolute atomic E-state index is 0.00948. The molecule has 1 saturated carbocycles. The number of amides is 2. The van der Waals surface area contributed by atoms with Crippen LogP contribution in [0.4, 0.5) is 0 Å². The zero-order chi connectivity index (χ0) is 19.8. The van der Waals surface area contributed by atoms with Crippen molar-refractivity contribution in [1.29, 1.82) is 0 Å². The molecule has 7 heteroatoms. The minimum Gasteiger partial charge on any atom is -0.339 e. The molecule has 29 heavy (non-hydrogen) atoms. The lowest BCUT2D eigenvalue weighted by molar-refractivity contribution is -0.133. The second kappa shape index (κ2) is 7.78. The number of fused-ring (bicyclic) bond motifs is 1. The number of piperazine rings is 1. The number of hydrogen-bond donors (Lipinski definition) is 0. The van der Waals surface area contributed by atoms with Gasteiger partial charge in [0.05, 0.1) is 5.52 Å². The first-order valence-electron chi connectivity index (χ1n) is 11.0. The van der Waals surface area contributed by atoms with Gasteiger partial charge in [-0.05, 0) is 50.9 Å². The van der Waals surface area contributed by atoms with Crippen molar-refractivity contribution in [3.8, 4) is 0 Å². The van der Waals surface area contributed by atoms with Crippen LogP contribution in [0.3, 0.4) is 0 Å². The smallest absolute Gasteiger partial charge is 0.274 e. The van der Waals surface area contributed by atoms with Gasteiger partial charge in [-0.15, -0.1) is 0 Å². The third kappa shape index (κ3) is 3.75. The van der Waals surface area contributed by atoms with Crippen molar-refractivity contribution in [2.75, 3.05) is 45.8 Å². The van der Waals surface area contributed by atoms with Gasteiger partial charge in [-0.3, -0.25) is 9.59 Å². The van der Waals surface area contributed by atoms with Crippen molar-refractivity contribution in [3.63, 3.8) is 0 Å². The number of carbonyl (C=O) groups is 2. The van der Waals surface area contributed by atoms with Crippen LogP contribution in [-0.2, 0) is 4.79 Å². The second-order valence-corrected chi connectivity index (χ2v) is 8.52. The zero-order valence-electron chi connectivity index (χ0n) is 16.9. The molecule has 2 aromatic rings. The monoisotopic (exact) mass is 395 g/mol. The third-order valence-corrected chi connectivity index (χ3v) is 6.48. The first-order chi connectivity index (χ1) is 14.2. The molecule has 0 bridgehead atoms. The number of pyridine rings is 1. The Bertz CT molecular complexity index is 905. The van der Waals surface area contributed by atoms with E-state index >= 15 is 0 Å². The van der Waals surface area contributed by atoms with E-state index in [9.17, 15) is 9.59 Å². The van der Waals surface area contributed by atoms with Crippen molar-refractivity contribution < 1.29 is 9.59 Å². The van der Waals surface area contributed by atoms with E-state index in [0.29, 0.717) is 44.2 Å². The summed E-state index contributed by atoms with van der Waals surface area (Å²) in [5.41, 5.74) is 1.45. The summed E-state index contributed by atoms with van der Waals surface area (Å²) in [4.78, 5) is 36.6. The van der Waals surface area contributed by atoms with Crippen LogP contribution in [0, 0.1) is 0 Å². The van der Waals surface area contributed by atoms with Gasteiger partial charge in [-0.2, -0.15) is 0 Å². The van der Waals surface area contributed by atoms with E-state index in [1.54, 1.807) is 0 Å². The van der Waals surface area contributed by atoms with E-state index in [1.807, 2.05) is 34.2 Å². The van der Waals surface area contributed by atoms with Gasteiger partial charge in [0, 0.05) is 51.3 Å². The summed E-state index contributed by atoms with van der Waals surface area (Å²) in [6.45, 7) is 5.51. The maximum Gasteiger partial charge on any atom is 0.274 e. The van der Waals surface area contributed by atoms with Gasteiger partial charge in [-0.1, -0.05) is 6.07 Å². The van der Waals surface area contributed by atoms with E-state index in [0.717, 1.165) is 43.8 Å². The van der Waals surface area contributed by atoms with Gasteiger partial charge in [-0.25, -0.2) is 4.98 Å². The highest BCUT2D eigenvalue weighted by molar-refractivity contribution is 5.99. The van der Waals surface area contributed by atoms with E-state index in [2.05, 4.69) is 9.30 Å². The Balaban J connectivity index is 1.21. The molecule has 2 aromatic heterocycles. The summed E-state index contributed by atoms with van der Waals surface area (Å²) >= 11 is 0. The molecule has 4 heterocycles. The van der Waals surface area contributed by atoms with Gasteiger partial charge in [0.1, 0.15) is 5.82 Å².